The fraction of sp³-hybridized carbons (Fsp3) is 0.300. The third kappa shape index (κ3) is 4.10. The topological polar surface area (TPSA) is 41.1 Å². The quantitative estimate of drug-likeness (QED) is 0.858. The minimum atomic E-state index is -0.229. The maximum absolute atomic E-state index is 11.4. The molecule has 82 valence electrons. The standard InChI is InChI=1S/C10H12BrClN2O/c1-6(2)13-10(15)14-9-4-3-7(12)5-8(9)11/h3-6H,1-2H3,(H2,13,14,15). The van der Waals surface area contributed by atoms with Crippen molar-refractivity contribution < 1.29 is 4.79 Å². The van der Waals surface area contributed by atoms with Gasteiger partial charge in [-0.25, -0.2) is 4.79 Å². The molecular formula is C10H12BrClN2O. The summed E-state index contributed by atoms with van der Waals surface area (Å²) in [5, 5.41) is 6.06. The smallest absolute Gasteiger partial charge is 0.319 e. The number of urea groups is 1. The first-order valence-corrected chi connectivity index (χ1v) is 5.68. The van der Waals surface area contributed by atoms with E-state index in [0.717, 1.165) is 4.47 Å². The molecule has 0 saturated carbocycles. The number of carbonyl (C=O) groups is 1. The lowest BCUT2D eigenvalue weighted by molar-refractivity contribution is 0.250. The molecule has 3 nitrogen and oxygen atoms in total. The van der Waals surface area contributed by atoms with Crippen molar-refractivity contribution >= 4 is 39.2 Å². The number of hydrogen-bond acceptors (Lipinski definition) is 1. The third-order valence-electron chi connectivity index (χ3n) is 1.60. The molecule has 2 amide bonds. The van der Waals surface area contributed by atoms with Crippen LogP contribution >= 0.6 is 27.5 Å². The highest BCUT2D eigenvalue weighted by atomic mass is 79.9. The summed E-state index contributed by atoms with van der Waals surface area (Å²) < 4.78 is 0.758. The van der Waals surface area contributed by atoms with Crippen molar-refractivity contribution in [3.63, 3.8) is 0 Å². The summed E-state index contributed by atoms with van der Waals surface area (Å²) in [6, 6.07) is 5.07. The molecule has 0 saturated heterocycles. The van der Waals surface area contributed by atoms with Gasteiger partial charge in [-0.1, -0.05) is 11.6 Å². The summed E-state index contributed by atoms with van der Waals surface area (Å²) in [5.74, 6) is 0. The van der Waals surface area contributed by atoms with E-state index >= 15 is 0 Å². The predicted octanol–water partition coefficient (Wildman–Crippen LogP) is 3.63. The third-order valence-corrected chi connectivity index (χ3v) is 2.49. The molecular weight excluding hydrogens is 279 g/mol. The molecule has 0 unspecified atom stereocenters. The number of amides is 2. The van der Waals surface area contributed by atoms with Crippen LogP contribution < -0.4 is 10.6 Å². The predicted molar refractivity (Wildman–Crippen MR) is 66.4 cm³/mol. The zero-order chi connectivity index (χ0) is 11.4. The summed E-state index contributed by atoms with van der Waals surface area (Å²) in [6.07, 6.45) is 0. The molecule has 0 aliphatic heterocycles. The lowest BCUT2D eigenvalue weighted by atomic mass is 10.3. The van der Waals surface area contributed by atoms with E-state index in [0.29, 0.717) is 10.7 Å². The molecule has 1 rings (SSSR count). The van der Waals surface area contributed by atoms with Crippen LogP contribution in [0.5, 0.6) is 0 Å². The van der Waals surface area contributed by atoms with Crippen LogP contribution in [-0.2, 0) is 0 Å². The molecule has 0 aliphatic carbocycles. The van der Waals surface area contributed by atoms with E-state index in [1.165, 1.54) is 0 Å². The summed E-state index contributed by atoms with van der Waals surface area (Å²) >= 11 is 9.09. The number of anilines is 1. The zero-order valence-electron chi connectivity index (χ0n) is 8.47. The Morgan fingerprint density at radius 1 is 1.47 bits per heavy atom. The molecule has 0 radical (unpaired) electrons. The zero-order valence-corrected chi connectivity index (χ0v) is 10.8. The van der Waals surface area contributed by atoms with Gasteiger partial charge in [0.25, 0.3) is 0 Å². The van der Waals surface area contributed by atoms with E-state index in [-0.39, 0.29) is 12.1 Å². The molecule has 0 bridgehead atoms. The Morgan fingerprint density at radius 3 is 2.67 bits per heavy atom. The fourth-order valence-electron chi connectivity index (χ4n) is 1.01. The lowest BCUT2D eigenvalue weighted by Gasteiger charge is -2.11. The average molecular weight is 292 g/mol. The van der Waals surface area contributed by atoms with Crippen LogP contribution in [-0.4, -0.2) is 12.1 Å². The second kappa shape index (κ2) is 5.37. The summed E-state index contributed by atoms with van der Waals surface area (Å²) in [6.45, 7) is 3.80. The van der Waals surface area contributed by atoms with Gasteiger partial charge in [0.2, 0.25) is 0 Å². The number of nitrogens with one attached hydrogen (secondary N) is 2. The van der Waals surface area contributed by atoms with E-state index in [1.807, 2.05) is 13.8 Å². The van der Waals surface area contributed by atoms with E-state index in [4.69, 9.17) is 11.6 Å². The van der Waals surface area contributed by atoms with Gasteiger partial charge in [0.15, 0.2) is 0 Å². The van der Waals surface area contributed by atoms with Crippen LogP contribution in [0.25, 0.3) is 0 Å². The molecule has 0 aliphatic rings. The average Bonchev–Trinajstić information content (AvgIpc) is 2.08. The molecule has 5 heteroatoms. The van der Waals surface area contributed by atoms with Gasteiger partial charge in [0.05, 0.1) is 5.69 Å². The SMILES string of the molecule is CC(C)NC(=O)Nc1ccc(Cl)cc1Br. The Kier molecular flexibility index (Phi) is 4.42. The largest absolute Gasteiger partial charge is 0.336 e. The molecule has 0 aromatic heterocycles. The highest BCUT2D eigenvalue weighted by molar-refractivity contribution is 9.10. The van der Waals surface area contributed by atoms with Gasteiger partial charge in [-0.2, -0.15) is 0 Å². The number of rotatable bonds is 2. The minimum absolute atomic E-state index is 0.107. The van der Waals surface area contributed by atoms with Gasteiger partial charge in [0.1, 0.15) is 0 Å². The fourth-order valence-corrected chi connectivity index (χ4v) is 1.79. The molecule has 0 fully saturated rings. The van der Waals surface area contributed by atoms with Gasteiger partial charge in [0, 0.05) is 15.5 Å². The Balaban J connectivity index is 2.68. The summed E-state index contributed by atoms with van der Waals surface area (Å²) in [5.41, 5.74) is 0.692. The summed E-state index contributed by atoms with van der Waals surface area (Å²) in [7, 11) is 0. The lowest BCUT2D eigenvalue weighted by Crippen LogP contribution is -2.34. The molecule has 0 atom stereocenters. The summed E-state index contributed by atoms with van der Waals surface area (Å²) in [4.78, 5) is 11.4. The van der Waals surface area contributed by atoms with Gasteiger partial charge in [-0.15, -0.1) is 0 Å². The monoisotopic (exact) mass is 290 g/mol. The van der Waals surface area contributed by atoms with Crippen molar-refractivity contribution in [2.24, 2.45) is 0 Å². The molecule has 1 aromatic carbocycles. The van der Waals surface area contributed by atoms with Crippen molar-refractivity contribution in [1.82, 2.24) is 5.32 Å². The van der Waals surface area contributed by atoms with Gasteiger partial charge < -0.3 is 10.6 Å². The molecule has 15 heavy (non-hydrogen) atoms. The maximum Gasteiger partial charge on any atom is 0.319 e. The first kappa shape index (κ1) is 12.3. The van der Waals surface area contributed by atoms with Gasteiger partial charge in [-0.05, 0) is 48.0 Å². The Morgan fingerprint density at radius 2 is 2.13 bits per heavy atom. The second-order valence-electron chi connectivity index (χ2n) is 3.38. The first-order valence-electron chi connectivity index (χ1n) is 4.51. The first-order chi connectivity index (χ1) is 6.99. The normalized spacial score (nSPS) is 10.2. The van der Waals surface area contributed by atoms with Crippen LogP contribution in [0.3, 0.4) is 0 Å². The number of benzene rings is 1. The second-order valence-corrected chi connectivity index (χ2v) is 4.67. The van der Waals surface area contributed by atoms with Crippen molar-refractivity contribution in [1.29, 1.82) is 0 Å². The molecule has 0 heterocycles. The van der Waals surface area contributed by atoms with Gasteiger partial charge >= 0.3 is 6.03 Å². The maximum atomic E-state index is 11.4. The number of carbonyl (C=O) groups excluding carboxylic acids is 1. The van der Waals surface area contributed by atoms with Crippen LogP contribution in [0.1, 0.15) is 13.8 Å². The molecule has 1 aromatic rings. The van der Waals surface area contributed by atoms with Crippen molar-refractivity contribution in [3.8, 4) is 0 Å². The molecule has 2 N–H and O–H groups in total. The number of halogens is 2. The van der Waals surface area contributed by atoms with E-state index in [9.17, 15) is 4.79 Å². The Hall–Kier alpha value is -0.740. The minimum Gasteiger partial charge on any atom is -0.336 e. The Bertz CT molecular complexity index is 368. The van der Waals surface area contributed by atoms with Crippen molar-refractivity contribution in [2.45, 2.75) is 19.9 Å². The van der Waals surface area contributed by atoms with E-state index < -0.39 is 0 Å². The van der Waals surface area contributed by atoms with E-state index in [1.54, 1.807) is 18.2 Å². The van der Waals surface area contributed by atoms with Gasteiger partial charge in [-0.3, -0.25) is 0 Å². The molecule has 0 spiro atoms. The van der Waals surface area contributed by atoms with Crippen molar-refractivity contribution in [3.05, 3.63) is 27.7 Å². The highest BCUT2D eigenvalue weighted by Gasteiger charge is 2.06. The highest BCUT2D eigenvalue weighted by Crippen LogP contribution is 2.25. The van der Waals surface area contributed by atoms with Crippen LogP contribution in [0.2, 0.25) is 5.02 Å². The number of hydrogen-bond donors (Lipinski definition) is 2. The van der Waals surface area contributed by atoms with E-state index in [2.05, 4.69) is 26.6 Å². The van der Waals surface area contributed by atoms with Crippen LogP contribution in [0, 0.1) is 0 Å². The van der Waals surface area contributed by atoms with Crippen molar-refractivity contribution in [2.75, 3.05) is 5.32 Å². The van der Waals surface area contributed by atoms with Crippen LogP contribution in [0.4, 0.5) is 10.5 Å². The Labute approximate surface area is 102 Å². The van der Waals surface area contributed by atoms with Crippen LogP contribution in [0.15, 0.2) is 22.7 Å².